The van der Waals surface area contributed by atoms with Gasteiger partial charge in [0.15, 0.2) is 0 Å². The predicted octanol–water partition coefficient (Wildman–Crippen LogP) is 3.54. The van der Waals surface area contributed by atoms with E-state index in [1.165, 1.54) is 44.1 Å². The first-order chi connectivity index (χ1) is 9.38. The van der Waals surface area contributed by atoms with Crippen LogP contribution in [0.4, 0.5) is 0 Å². The van der Waals surface area contributed by atoms with E-state index < -0.39 is 0 Å². The van der Waals surface area contributed by atoms with Gasteiger partial charge in [-0.05, 0) is 63.1 Å². The van der Waals surface area contributed by atoms with Crippen molar-refractivity contribution in [2.75, 3.05) is 13.2 Å². The van der Waals surface area contributed by atoms with Gasteiger partial charge in [0.2, 0.25) is 0 Å². The van der Waals surface area contributed by atoms with Crippen LogP contribution >= 0.6 is 0 Å². The third-order valence-electron chi connectivity index (χ3n) is 3.86. The number of nitrogens with one attached hydrogen (secondary N) is 1. The average Bonchev–Trinajstić information content (AvgIpc) is 2.96. The van der Waals surface area contributed by atoms with Crippen molar-refractivity contribution in [3.63, 3.8) is 0 Å². The summed E-state index contributed by atoms with van der Waals surface area (Å²) in [5.41, 5.74) is 1.29. The van der Waals surface area contributed by atoms with Crippen LogP contribution in [0.15, 0.2) is 23.0 Å². The van der Waals surface area contributed by atoms with Crippen LogP contribution in [-0.4, -0.2) is 25.3 Å². The lowest BCUT2D eigenvalue weighted by Gasteiger charge is -2.25. The third-order valence-corrected chi connectivity index (χ3v) is 3.86. The fourth-order valence-electron chi connectivity index (χ4n) is 2.74. The first-order valence-electron chi connectivity index (χ1n) is 7.74. The van der Waals surface area contributed by atoms with Crippen molar-refractivity contribution in [2.24, 2.45) is 0 Å². The number of furan rings is 1. The number of rotatable bonds is 8. The second-order valence-electron chi connectivity index (χ2n) is 5.55. The minimum Gasteiger partial charge on any atom is -0.472 e. The quantitative estimate of drug-likeness (QED) is 0.780. The molecule has 19 heavy (non-hydrogen) atoms. The molecule has 2 atom stereocenters. The molecule has 3 nitrogen and oxygen atoms in total. The van der Waals surface area contributed by atoms with E-state index >= 15 is 0 Å². The van der Waals surface area contributed by atoms with Gasteiger partial charge in [-0.3, -0.25) is 0 Å². The molecule has 2 rings (SSSR count). The second-order valence-corrected chi connectivity index (χ2v) is 5.55. The van der Waals surface area contributed by atoms with Gasteiger partial charge >= 0.3 is 0 Å². The molecule has 1 fully saturated rings. The SMILES string of the molecule is CCCNC(CCC1CCCCO1)Cc1ccoc1. The first kappa shape index (κ1) is 14.6. The molecule has 1 aliphatic heterocycles. The van der Waals surface area contributed by atoms with E-state index in [0.29, 0.717) is 12.1 Å². The summed E-state index contributed by atoms with van der Waals surface area (Å²) in [6.45, 7) is 4.26. The topological polar surface area (TPSA) is 34.4 Å². The minimum absolute atomic E-state index is 0.490. The molecule has 1 aromatic rings. The fraction of sp³-hybridized carbons (Fsp3) is 0.750. The lowest BCUT2D eigenvalue weighted by molar-refractivity contribution is 0.00858. The number of hydrogen-bond acceptors (Lipinski definition) is 3. The third kappa shape index (κ3) is 5.37. The van der Waals surface area contributed by atoms with E-state index in [-0.39, 0.29) is 0 Å². The van der Waals surface area contributed by atoms with Gasteiger partial charge in [-0.1, -0.05) is 6.92 Å². The van der Waals surface area contributed by atoms with Crippen molar-refractivity contribution in [3.8, 4) is 0 Å². The fourth-order valence-corrected chi connectivity index (χ4v) is 2.74. The molecular weight excluding hydrogens is 238 g/mol. The standard InChI is InChI=1S/C16H27NO2/c1-2-9-17-15(12-14-8-11-18-13-14)6-7-16-5-3-4-10-19-16/h8,11,13,15-17H,2-7,9-10,12H2,1H3. The van der Waals surface area contributed by atoms with E-state index in [1.54, 1.807) is 6.26 Å². The molecule has 1 aliphatic rings. The van der Waals surface area contributed by atoms with Crippen LogP contribution in [0.3, 0.4) is 0 Å². The van der Waals surface area contributed by atoms with Crippen molar-refractivity contribution < 1.29 is 9.15 Å². The smallest absolute Gasteiger partial charge is 0.0935 e. The zero-order valence-electron chi connectivity index (χ0n) is 12.1. The number of ether oxygens (including phenoxy) is 1. The molecule has 0 saturated carbocycles. The zero-order valence-corrected chi connectivity index (χ0v) is 12.1. The molecule has 0 bridgehead atoms. The maximum absolute atomic E-state index is 5.82. The molecule has 0 spiro atoms. The molecule has 1 aromatic heterocycles. The Hall–Kier alpha value is -0.800. The van der Waals surface area contributed by atoms with Crippen LogP contribution in [0, 0.1) is 0 Å². The monoisotopic (exact) mass is 265 g/mol. The first-order valence-corrected chi connectivity index (χ1v) is 7.74. The summed E-state index contributed by atoms with van der Waals surface area (Å²) in [6.07, 6.45) is 12.5. The molecule has 0 aliphatic carbocycles. The average molecular weight is 265 g/mol. The summed E-state index contributed by atoms with van der Waals surface area (Å²) >= 11 is 0. The van der Waals surface area contributed by atoms with Gasteiger partial charge in [0.25, 0.3) is 0 Å². The summed E-state index contributed by atoms with van der Waals surface area (Å²) in [5.74, 6) is 0. The summed E-state index contributed by atoms with van der Waals surface area (Å²) in [5, 5.41) is 3.65. The van der Waals surface area contributed by atoms with Gasteiger partial charge in [0, 0.05) is 12.6 Å². The summed E-state index contributed by atoms with van der Waals surface area (Å²) < 4.78 is 11.0. The van der Waals surface area contributed by atoms with Gasteiger partial charge in [0.05, 0.1) is 18.6 Å². The van der Waals surface area contributed by atoms with Crippen LogP contribution < -0.4 is 5.32 Å². The Labute approximate surface area is 116 Å². The lowest BCUT2D eigenvalue weighted by atomic mass is 9.98. The van der Waals surface area contributed by atoms with Crippen molar-refractivity contribution in [3.05, 3.63) is 24.2 Å². The van der Waals surface area contributed by atoms with Crippen molar-refractivity contribution in [1.29, 1.82) is 0 Å². The molecule has 0 aromatic carbocycles. The summed E-state index contributed by atoms with van der Waals surface area (Å²) in [6, 6.07) is 2.61. The van der Waals surface area contributed by atoms with Crippen LogP contribution in [0.2, 0.25) is 0 Å². The summed E-state index contributed by atoms with van der Waals surface area (Å²) in [4.78, 5) is 0. The highest BCUT2D eigenvalue weighted by Crippen LogP contribution is 2.19. The Bertz CT molecular complexity index is 317. The van der Waals surface area contributed by atoms with Crippen LogP contribution in [0.1, 0.15) is 51.0 Å². The van der Waals surface area contributed by atoms with Gasteiger partial charge in [-0.25, -0.2) is 0 Å². The van der Waals surface area contributed by atoms with E-state index in [9.17, 15) is 0 Å². The van der Waals surface area contributed by atoms with Gasteiger partial charge in [-0.2, -0.15) is 0 Å². The predicted molar refractivity (Wildman–Crippen MR) is 77.3 cm³/mol. The Balaban J connectivity index is 1.75. The maximum atomic E-state index is 5.82. The normalized spacial score (nSPS) is 21.4. The lowest BCUT2D eigenvalue weighted by Crippen LogP contribution is -2.33. The van der Waals surface area contributed by atoms with E-state index in [1.807, 2.05) is 6.26 Å². The van der Waals surface area contributed by atoms with Gasteiger partial charge < -0.3 is 14.5 Å². The second kappa shape index (κ2) is 8.39. The molecule has 2 heterocycles. The van der Waals surface area contributed by atoms with Crippen molar-refractivity contribution >= 4 is 0 Å². The van der Waals surface area contributed by atoms with Gasteiger partial charge in [0.1, 0.15) is 0 Å². The highest BCUT2D eigenvalue weighted by atomic mass is 16.5. The van der Waals surface area contributed by atoms with E-state index in [2.05, 4.69) is 18.3 Å². The Morgan fingerprint density at radius 2 is 2.37 bits per heavy atom. The van der Waals surface area contributed by atoms with E-state index in [0.717, 1.165) is 19.6 Å². The largest absolute Gasteiger partial charge is 0.472 e. The highest BCUT2D eigenvalue weighted by Gasteiger charge is 2.17. The molecule has 1 N–H and O–H groups in total. The molecule has 0 amide bonds. The Morgan fingerprint density at radius 1 is 1.42 bits per heavy atom. The van der Waals surface area contributed by atoms with Crippen LogP contribution in [0.25, 0.3) is 0 Å². The maximum Gasteiger partial charge on any atom is 0.0935 e. The highest BCUT2D eigenvalue weighted by molar-refractivity contribution is 5.07. The Kier molecular flexibility index (Phi) is 6.45. The Morgan fingerprint density at radius 3 is 3.05 bits per heavy atom. The molecule has 0 radical (unpaired) electrons. The molecule has 3 heteroatoms. The minimum atomic E-state index is 0.490. The van der Waals surface area contributed by atoms with E-state index in [4.69, 9.17) is 9.15 Å². The zero-order chi connectivity index (χ0) is 13.3. The van der Waals surface area contributed by atoms with Crippen LogP contribution in [0.5, 0.6) is 0 Å². The summed E-state index contributed by atoms with van der Waals surface area (Å²) in [7, 11) is 0. The molecular formula is C16H27NO2. The van der Waals surface area contributed by atoms with Crippen molar-refractivity contribution in [2.45, 2.75) is 64.0 Å². The van der Waals surface area contributed by atoms with Crippen molar-refractivity contribution in [1.82, 2.24) is 5.32 Å². The molecule has 2 unspecified atom stereocenters. The molecule has 1 saturated heterocycles. The van der Waals surface area contributed by atoms with Crippen LogP contribution in [-0.2, 0) is 11.2 Å². The van der Waals surface area contributed by atoms with Gasteiger partial charge in [-0.15, -0.1) is 0 Å². The molecule has 108 valence electrons. The number of hydrogen-bond donors (Lipinski definition) is 1.